The Hall–Kier alpha value is -1.39. The molecule has 1 aliphatic heterocycles. The molecule has 26 heavy (non-hydrogen) atoms. The van der Waals surface area contributed by atoms with Crippen LogP contribution in [0, 0.1) is 0 Å². The highest BCUT2D eigenvalue weighted by Gasteiger charge is 2.30. The summed E-state index contributed by atoms with van der Waals surface area (Å²) in [5.41, 5.74) is 2.30. The average Bonchev–Trinajstić information content (AvgIpc) is 2.65. The third-order valence-corrected chi connectivity index (χ3v) is 6.01. The van der Waals surface area contributed by atoms with Crippen LogP contribution in [-0.2, 0) is 6.54 Å². The largest absolute Gasteiger partial charge is 0.336 e. The van der Waals surface area contributed by atoms with E-state index in [1.165, 1.54) is 5.56 Å². The van der Waals surface area contributed by atoms with Crippen molar-refractivity contribution in [2.45, 2.75) is 66.1 Å². The number of piperazine rings is 1. The van der Waals surface area contributed by atoms with Gasteiger partial charge in [0.25, 0.3) is 5.91 Å². The van der Waals surface area contributed by atoms with E-state index in [0.717, 1.165) is 51.3 Å². The van der Waals surface area contributed by atoms with Gasteiger partial charge in [-0.05, 0) is 58.4 Å². The zero-order valence-electron chi connectivity index (χ0n) is 17.6. The summed E-state index contributed by atoms with van der Waals surface area (Å²) in [6.45, 7) is 19.0. The number of benzene rings is 1. The maximum atomic E-state index is 12.8. The second kappa shape index (κ2) is 9.01. The van der Waals surface area contributed by atoms with Crippen molar-refractivity contribution in [3.8, 4) is 0 Å². The van der Waals surface area contributed by atoms with Crippen molar-refractivity contribution in [2.75, 3.05) is 32.7 Å². The quantitative estimate of drug-likeness (QED) is 0.739. The summed E-state index contributed by atoms with van der Waals surface area (Å²) in [7, 11) is 0. The molecule has 1 fully saturated rings. The Bertz CT molecular complexity index is 572. The van der Waals surface area contributed by atoms with Crippen molar-refractivity contribution in [3.05, 3.63) is 35.4 Å². The van der Waals surface area contributed by atoms with Crippen LogP contribution in [0.15, 0.2) is 24.3 Å². The van der Waals surface area contributed by atoms with Crippen LogP contribution in [0.25, 0.3) is 0 Å². The molecule has 1 saturated heterocycles. The Morgan fingerprint density at radius 2 is 1.65 bits per heavy atom. The van der Waals surface area contributed by atoms with Gasteiger partial charge in [0.15, 0.2) is 0 Å². The molecule has 0 bridgehead atoms. The van der Waals surface area contributed by atoms with Crippen LogP contribution < -0.4 is 0 Å². The van der Waals surface area contributed by atoms with E-state index in [1.54, 1.807) is 0 Å². The normalized spacial score (nSPS) is 16.5. The van der Waals surface area contributed by atoms with Crippen LogP contribution in [0.5, 0.6) is 0 Å². The Morgan fingerprint density at radius 1 is 1.08 bits per heavy atom. The van der Waals surface area contributed by atoms with Crippen LogP contribution in [0.2, 0.25) is 0 Å². The highest BCUT2D eigenvalue weighted by Crippen LogP contribution is 2.21. The predicted octanol–water partition coefficient (Wildman–Crippen LogP) is 3.86. The molecule has 0 N–H and O–H groups in total. The summed E-state index contributed by atoms with van der Waals surface area (Å²) >= 11 is 0. The number of amides is 1. The molecular weight excluding hydrogens is 322 g/mol. The lowest BCUT2D eigenvalue weighted by atomic mass is 9.98. The summed E-state index contributed by atoms with van der Waals surface area (Å²) in [4.78, 5) is 19.8. The average molecular weight is 360 g/mol. The van der Waals surface area contributed by atoms with Crippen molar-refractivity contribution in [3.63, 3.8) is 0 Å². The SMILES string of the molecule is CCN(Cc1ccc(C(=O)N2CCN(C(C)(C)CC)CC2)cc1)C(C)C. The fraction of sp³-hybridized carbons (Fsp3) is 0.682. The molecular formula is C22H37N3O. The molecule has 0 saturated carbocycles. The van der Waals surface area contributed by atoms with Crippen LogP contribution in [0.4, 0.5) is 0 Å². The zero-order valence-corrected chi connectivity index (χ0v) is 17.6. The molecule has 1 aromatic rings. The molecule has 0 unspecified atom stereocenters. The summed E-state index contributed by atoms with van der Waals surface area (Å²) < 4.78 is 0. The number of nitrogens with zero attached hydrogens (tertiary/aromatic N) is 3. The minimum atomic E-state index is 0.168. The fourth-order valence-corrected chi connectivity index (χ4v) is 3.57. The molecule has 1 heterocycles. The summed E-state index contributed by atoms with van der Waals surface area (Å²) in [5, 5.41) is 0. The smallest absolute Gasteiger partial charge is 0.253 e. The highest BCUT2D eigenvalue weighted by atomic mass is 16.2. The molecule has 146 valence electrons. The third-order valence-electron chi connectivity index (χ3n) is 6.01. The first-order valence-electron chi connectivity index (χ1n) is 10.2. The van der Waals surface area contributed by atoms with Gasteiger partial charge in [-0.2, -0.15) is 0 Å². The monoisotopic (exact) mass is 359 g/mol. The minimum absolute atomic E-state index is 0.168. The van der Waals surface area contributed by atoms with Crippen molar-refractivity contribution in [1.82, 2.24) is 14.7 Å². The van der Waals surface area contributed by atoms with Gasteiger partial charge in [-0.25, -0.2) is 0 Å². The molecule has 0 aliphatic carbocycles. The standard InChI is InChI=1S/C22H37N3O/c1-7-22(5,6)25-15-13-24(14-16-25)21(26)20-11-9-19(10-12-20)17-23(8-2)18(3)4/h9-12,18H,7-8,13-17H2,1-6H3. The molecule has 0 aromatic heterocycles. The topological polar surface area (TPSA) is 26.8 Å². The van der Waals surface area contributed by atoms with E-state index in [4.69, 9.17) is 0 Å². The molecule has 4 heteroatoms. The first-order chi connectivity index (χ1) is 12.3. The Labute approximate surface area is 160 Å². The maximum Gasteiger partial charge on any atom is 0.253 e. The lowest BCUT2D eigenvalue weighted by Crippen LogP contribution is -2.55. The third kappa shape index (κ3) is 5.08. The number of carbonyl (C=O) groups excluding carboxylic acids is 1. The van der Waals surface area contributed by atoms with Crippen LogP contribution in [0.3, 0.4) is 0 Å². The van der Waals surface area contributed by atoms with Crippen molar-refractivity contribution < 1.29 is 4.79 Å². The van der Waals surface area contributed by atoms with Crippen molar-refractivity contribution in [1.29, 1.82) is 0 Å². The first kappa shape index (κ1) is 20.9. The highest BCUT2D eigenvalue weighted by molar-refractivity contribution is 5.94. The molecule has 1 amide bonds. The number of rotatable bonds is 7. The van der Waals surface area contributed by atoms with E-state index in [2.05, 4.69) is 63.5 Å². The molecule has 0 spiro atoms. The molecule has 1 aliphatic rings. The van der Waals surface area contributed by atoms with Crippen molar-refractivity contribution in [2.24, 2.45) is 0 Å². The summed E-state index contributed by atoms with van der Waals surface area (Å²) in [5.74, 6) is 0.168. The Kier molecular flexibility index (Phi) is 7.24. The predicted molar refractivity (Wildman–Crippen MR) is 110 cm³/mol. The van der Waals surface area contributed by atoms with E-state index >= 15 is 0 Å². The van der Waals surface area contributed by atoms with Gasteiger partial charge in [0.1, 0.15) is 0 Å². The molecule has 0 radical (unpaired) electrons. The molecule has 2 rings (SSSR count). The maximum absolute atomic E-state index is 12.8. The van der Waals surface area contributed by atoms with Gasteiger partial charge in [-0.1, -0.05) is 26.0 Å². The number of carbonyl (C=O) groups is 1. The van der Waals surface area contributed by atoms with Crippen LogP contribution in [-0.4, -0.2) is 64.9 Å². The van der Waals surface area contributed by atoms with Crippen LogP contribution in [0.1, 0.15) is 63.9 Å². The molecule has 4 nitrogen and oxygen atoms in total. The van der Waals surface area contributed by atoms with Crippen LogP contribution >= 0.6 is 0 Å². The summed E-state index contributed by atoms with van der Waals surface area (Å²) in [6.07, 6.45) is 1.13. The second-order valence-electron chi connectivity index (χ2n) is 8.30. The lowest BCUT2D eigenvalue weighted by molar-refractivity contribution is 0.0390. The van der Waals surface area contributed by atoms with E-state index < -0.39 is 0 Å². The van der Waals surface area contributed by atoms with Gasteiger partial charge >= 0.3 is 0 Å². The Balaban J connectivity index is 1.94. The van der Waals surface area contributed by atoms with Gasteiger partial charge in [-0.3, -0.25) is 14.6 Å². The number of hydrogen-bond donors (Lipinski definition) is 0. The molecule has 0 atom stereocenters. The van der Waals surface area contributed by atoms with E-state index in [-0.39, 0.29) is 11.4 Å². The van der Waals surface area contributed by atoms with E-state index in [9.17, 15) is 4.79 Å². The van der Waals surface area contributed by atoms with Gasteiger partial charge in [0.2, 0.25) is 0 Å². The first-order valence-corrected chi connectivity index (χ1v) is 10.2. The number of hydrogen-bond acceptors (Lipinski definition) is 3. The van der Waals surface area contributed by atoms with Gasteiger partial charge in [0, 0.05) is 49.9 Å². The van der Waals surface area contributed by atoms with E-state index in [1.807, 2.05) is 17.0 Å². The minimum Gasteiger partial charge on any atom is -0.336 e. The lowest BCUT2D eigenvalue weighted by Gasteiger charge is -2.43. The van der Waals surface area contributed by atoms with Gasteiger partial charge in [0.05, 0.1) is 0 Å². The summed E-state index contributed by atoms with van der Waals surface area (Å²) in [6, 6.07) is 8.73. The van der Waals surface area contributed by atoms with Gasteiger partial charge in [-0.15, -0.1) is 0 Å². The van der Waals surface area contributed by atoms with E-state index in [0.29, 0.717) is 6.04 Å². The molecule has 1 aromatic carbocycles. The Morgan fingerprint density at radius 3 is 2.12 bits per heavy atom. The fourth-order valence-electron chi connectivity index (χ4n) is 3.57. The zero-order chi connectivity index (χ0) is 19.3. The van der Waals surface area contributed by atoms with Crippen molar-refractivity contribution >= 4 is 5.91 Å². The second-order valence-corrected chi connectivity index (χ2v) is 8.30. The van der Waals surface area contributed by atoms with Gasteiger partial charge < -0.3 is 4.90 Å².